The van der Waals surface area contributed by atoms with Gasteiger partial charge in [-0.2, -0.15) is 0 Å². The SMILES string of the molecule is CC1NCCCC1C(=O)N(C)C(C)c1ccccc1F. The molecule has 1 heterocycles. The van der Waals surface area contributed by atoms with Crippen molar-refractivity contribution in [1.82, 2.24) is 10.2 Å². The van der Waals surface area contributed by atoms with Gasteiger partial charge in [0.1, 0.15) is 5.82 Å². The summed E-state index contributed by atoms with van der Waals surface area (Å²) in [6, 6.07) is 6.59. The van der Waals surface area contributed by atoms with Gasteiger partial charge in [-0.05, 0) is 39.3 Å². The molecule has 0 bridgehead atoms. The Balaban J connectivity index is 2.12. The molecule has 20 heavy (non-hydrogen) atoms. The zero-order chi connectivity index (χ0) is 14.7. The van der Waals surface area contributed by atoms with Crippen molar-refractivity contribution in [3.63, 3.8) is 0 Å². The lowest BCUT2D eigenvalue weighted by Crippen LogP contribution is -2.47. The highest BCUT2D eigenvalue weighted by Crippen LogP contribution is 2.26. The largest absolute Gasteiger partial charge is 0.339 e. The summed E-state index contributed by atoms with van der Waals surface area (Å²) in [6.45, 7) is 4.89. The third kappa shape index (κ3) is 3.01. The van der Waals surface area contributed by atoms with Crippen molar-refractivity contribution in [2.45, 2.75) is 38.8 Å². The van der Waals surface area contributed by atoms with E-state index in [-0.39, 0.29) is 29.7 Å². The molecule has 3 atom stereocenters. The maximum atomic E-state index is 13.8. The van der Waals surface area contributed by atoms with Crippen LogP contribution in [0.1, 0.15) is 38.3 Å². The van der Waals surface area contributed by atoms with E-state index in [0.717, 1.165) is 19.4 Å². The average Bonchev–Trinajstić information content (AvgIpc) is 2.46. The first-order chi connectivity index (χ1) is 9.52. The van der Waals surface area contributed by atoms with Gasteiger partial charge in [-0.1, -0.05) is 18.2 Å². The summed E-state index contributed by atoms with van der Waals surface area (Å²) in [4.78, 5) is 14.3. The number of rotatable bonds is 3. The van der Waals surface area contributed by atoms with Gasteiger partial charge in [-0.15, -0.1) is 0 Å². The van der Waals surface area contributed by atoms with Gasteiger partial charge >= 0.3 is 0 Å². The Morgan fingerprint density at radius 2 is 2.15 bits per heavy atom. The van der Waals surface area contributed by atoms with Crippen molar-refractivity contribution in [3.05, 3.63) is 35.6 Å². The first-order valence-electron chi connectivity index (χ1n) is 7.27. The number of nitrogens with zero attached hydrogens (tertiary/aromatic N) is 1. The Labute approximate surface area is 120 Å². The number of piperidine rings is 1. The van der Waals surface area contributed by atoms with Crippen LogP contribution >= 0.6 is 0 Å². The van der Waals surface area contributed by atoms with Crippen LogP contribution in [0.4, 0.5) is 4.39 Å². The lowest BCUT2D eigenvalue weighted by molar-refractivity contribution is -0.137. The second-order valence-electron chi connectivity index (χ2n) is 5.64. The van der Waals surface area contributed by atoms with Crippen LogP contribution in [0.5, 0.6) is 0 Å². The van der Waals surface area contributed by atoms with Crippen molar-refractivity contribution < 1.29 is 9.18 Å². The highest BCUT2D eigenvalue weighted by molar-refractivity contribution is 5.79. The molecule has 1 aromatic carbocycles. The van der Waals surface area contributed by atoms with Crippen molar-refractivity contribution in [2.75, 3.05) is 13.6 Å². The van der Waals surface area contributed by atoms with Gasteiger partial charge in [0.25, 0.3) is 0 Å². The first kappa shape index (κ1) is 15.0. The quantitative estimate of drug-likeness (QED) is 0.922. The van der Waals surface area contributed by atoms with E-state index in [1.165, 1.54) is 6.07 Å². The molecule has 0 radical (unpaired) electrons. The Bertz CT molecular complexity index is 477. The molecule has 1 amide bonds. The third-order valence-corrected chi connectivity index (χ3v) is 4.36. The number of carbonyl (C=O) groups is 1. The van der Waals surface area contributed by atoms with Crippen LogP contribution in [0.15, 0.2) is 24.3 Å². The summed E-state index contributed by atoms with van der Waals surface area (Å²) in [5.41, 5.74) is 0.569. The molecule has 1 fully saturated rings. The van der Waals surface area contributed by atoms with E-state index in [0.29, 0.717) is 5.56 Å². The van der Waals surface area contributed by atoms with E-state index < -0.39 is 0 Å². The highest BCUT2D eigenvalue weighted by atomic mass is 19.1. The van der Waals surface area contributed by atoms with Gasteiger partial charge in [0.2, 0.25) is 5.91 Å². The fraction of sp³-hybridized carbons (Fsp3) is 0.562. The van der Waals surface area contributed by atoms with Crippen LogP contribution in [0, 0.1) is 11.7 Å². The van der Waals surface area contributed by atoms with Gasteiger partial charge in [0.05, 0.1) is 12.0 Å². The highest BCUT2D eigenvalue weighted by Gasteiger charge is 2.32. The maximum absolute atomic E-state index is 13.8. The number of benzene rings is 1. The molecule has 1 aliphatic rings. The fourth-order valence-corrected chi connectivity index (χ4v) is 2.86. The van der Waals surface area contributed by atoms with Crippen LogP contribution in [0.25, 0.3) is 0 Å². The molecule has 1 aromatic rings. The van der Waals surface area contributed by atoms with E-state index >= 15 is 0 Å². The van der Waals surface area contributed by atoms with E-state index in [9.17, 15) is 9.18 Å². The average molecular weight is 278 g/mol. The molecule has 1 saturated heterocycles. The molecular weight excluding hydrogens is 255 g/mol. The first-order valence-corrected chi connectivity index (χ1v) is 7.27. The normalized spacial score (nSPS) is 24.2. The van der Waals surface area contributed by atoms with Gasteiger partial charge < -0.3 is 10.2 Å². The second-order valence-corrected chi connectivity index (χ2v) is 5.64. The van der Waals surface area contributed by atoms with Crippen molar-refractivity contribution >= 4 is 5.91 Å². The maximum Gasteiger partial charge on any atom is 0.227 e. The summed E-state index contributed by atoms with van der Waals surface area (Å²) >= 11 is 0. The Morgan fingerprint density at radius 1 is 1.45 bits per heavy atom. The van der Waals surface area contributed by atoms with E-state index in [4.69, 9.17) is 0 Å². The molecule has 1 aliphatic heterocycles. The molecule has 3 unspecified atom stereocenters. The van der Waals surface area contributed by atoms with Crippen molar-refractivity contribution in [3.8, 4) is 0 Å². The van der Waals surface area contributed by atoms with Gasteiger partial charge in [-0.3, -0.25) is 4.79 Å². The van der Waals surface area contributed by atoms with Gasteiger partial charge in [0.15, 0.2) is 0 Å². The topological polar surface area (TPSA) is 32.3 Å². The van der Waals surface area contributed by atoms with Crippen molar-refractivity contribution in [2.24, 2.45) is 5.92 Å². The van der Waals surface area contributed by atoms with Gasteiger partial charge in [-0.25, -0.2) is 4.39 Å². The van der Waals surface area contributed by atoms with Crippen molar-refractivity contribution in [1.29, 1.82) is 0 Å². The summed E-state index contributed by atoms with van der Waals surface area (Å²) in [5, 5.41) is 3.34. The molecule has 4 heteroatoms. The third-order valence-electron chi connectivity index (χ3n) is 4.36. The molecule has 0 saturated carbocycles. The summed E-state index contributed by atoms with van der Waals surface area (Å²) < 4.78 is 13.8. The molecule has 0 aliphatic carbocycles. The van der Waals surface area contributed by atoms with Gasteiger partial charge in [0, 0.05) is 18.7 Å². The number of hydrogen-bond donors (Lipinski definition) is 1. The van der Waals surface area contributed by atoms with Crippen LogP contribution in [0.3, 0.4) is 0 Å². The van der Waals surface area contributed by atoms with E-state index in [1.54, 1.807) is 30.1 Å². The molecule has 110 valence electrons. The number of amides is 1. The second kappa shape index (κ2) is 6.35. The molecule has 0 spiro atoms. The predicted molar refractivity (Wildman–Crippen MR) is 77.8 cm³/mol. The summed E-state index contributed by atoms with van der Waals surface area (Å²) in [7, 11) is 1.76. The molecular formula is C16H23FN2O. The molecule has 1 N–H and O–H groups in total. The smallest absolute Gasteiger partial charge is 0.227 e. The zero-order valence-electron chi connectivity index (χ0n) is 12.4. The minimum Gasteiger partial charge on any atom is -0.339 e. The number of nitrogens with one attached hydrogen (secondary N) is 1. The number of carbonyl (C=O) groups excluding carboxylic acids is 1. The Morgan fingerprint density at radius 3 is 2.80 bits per heavy atom. The van der Waals surface area contributed by atoms with Crippen LogP contribution in [0.2, 0.25) is 0 Å². The van der Waals surface area contributed by atoms with Crippen LogP contribution in [-0.2, 0) is 4.79 Å². The minimum atomic E-state index is -0.255. The fourth-order valence-electron chi connectivity index (χ4n) is 2.86. The van der Waals surface area contributed by atoms with Crippen LogP contribution in [-0.4, -0.2) is 30.4 Å². The summed E-state index contributed by atoms with van der Waals surface area (Å²) in [5.74, 6) is -0.169. The predicted octanol–water partition coefficient (Wildman–Crippen LogP) is 2.73. The van der Waals surface area contributed by atoms with Crippen LogP contribution < -0.4 is 5.32 Å². The molecule has 3 nitrogen and oxygen atoms in total. The lowest BCUT2D eigenvalue weighted by Gasteiger charge is -2.34. The minimum absolute atomic E-state index is 0.0111. The number of hydrogen-bond acceptors (Lipinski definition) is 2. The number of halogens is 1. The zero-order valence-corrected chi connectivity index (χ0v) is 12.4. The Hall–Kier alpha value is -1.42. The van der Waals surface area contributed by atoms with E-state index in [1.807, 2.05) is 13.8 Å². The van der Waals surface area contributed by atoms with E-state index in [2.05, 4.69) is 5.32 Å². The Kier molecular flexibility index (Phi) is 4.76. The molecule has 0 aromatic heterocycles. The standard InChI is InChI=1S/C16H23FN2O/c1-11-13(8-6-10-18-11)16(20)19(3)12(2)14-7-4-5-9-15(14)17/h4-5,7,9,11-13,18H,6,8,10H2,1-3H3. The monoisotopic (exact) mass is 278 g/mol. The summed E-state index contributed by atoms with van der Waals surface area (Å²) in [6.07, 6.45) is 1.92. The lowest BCUT2D eigenvalue weighted by atomic mass is 9.90. The molecule has 2 rings (SSSR count).